The first kappa shape index (κ1) is 31.6. The number of likely N-dealkylation sites (tertiary alicyclic amines) is 1. The molecular formula is C33H30Cl2F2N8O. The van der Waals surface area contributed by atoms with Crippen LogP contribution < -0.4 is 10.6 Å². The van der Waals surface area contributed by atoms with Crippen LogP contribution in [0.5, 0.6) is 0 Å². The molecule has 2 N–H and O–H groups in total. The number of piperidine rings is 1. The van der Waals surface area contributed by atoms with Gasteiger partial charge in [-0.25, -0.2) is 13.5 Å². The number of benzene rings is 3. The van der Waals surface area contributed by atoms with Crippen molar-refractivity contribution in [2.75, 3.05) is 44.0 Å². The van der Waals surface area contributed by atoms with Crippen molar-refractivity contribution in [2.24, 2.45) is 0 Å². The van der Waals surface area contributed by atoms with Gasteiger partial charge in [0.1, 0.15) is 23.4 Å². The van der Waals surface area contributed by atoms with Crippen LogP contribution in [0.1, 0.15) is 41.7 Å². The number of nitrogens with one attached hydrogen (secondary N) is 2. The van der Waals surface area contributed by atoms with Crippen LogP contribution in [-0.4, -0.2) is 58.2 Å². The Bertz CT molecular complexity index is 1890. The van der Waals surface area contributed by atoms with Crippen molar-refractivity contribution in [3.63, 3.8) is 0 Å². The molecule has 0 saturated carbocycles. The number of rotatable bonds is 10. The molecule has 3 aromatic carbocycles. The summed E-state index contributed by atoms with van der Waals surface area (Å²) in [6.45, 7) is 3.49. The van der Waals surface area contributed by atoms with Gasteiger partial charge < -0.3 is 20.3 Å². The van der Waals surface area contributed by atoms with E-state index in [0.717, 1.165) is 38.0 Å². The summed E-state index contributed by atoms with van der Waals surface area (Å²) in [5.74, 6) is -0.912. The number of fused-ring (bicyclic) bond motifs is 1. The first-order valence-corrected chi connectivity index (χ1v) is 15.5. The molecule has 0 spiro atoms. The van der Waals surface area contributed by atoms with Gasteiger partial charge in [-0.15, -0.1) is 5.10 Å². The van der Waals surface area contributed by atoms with E-state index in [-0.39, 0.29) is 22.4 Å². The number of hydrogen-bond donors (Lipinski definition) is 2. The topological polar surface area (TPSA) is 104 Å². The Balaban J connectivity index is 1.34. The minimum atomic E-state index is -0.557. The summed E-state index contributed by atoms with van der Waals surface area (Å²) in [5, 5.41) is 26.4. The molecule has 1 aliphatic rings. The van der Waals surface area contributed by atoms with Gasteiger partial charge in [-0.2, -0.15) is 5.26 Å². The monoisotopic (exact) mass is 662 g/mol. The predicted octanol–water partition coefficient (Wildman–Crippen LogP) is 7.51. The minimum Gasteiger partial charge on any atom is -0.383 e. The average Bonchev–Trinajstić information content (AvgIpc) is 3.55. The fraction of sp³-hybridized carbons (Fsp3) is 0.273. The van der Waals surface area contributed by atoms with Crippen LogP contribution in [0.4, 0.5) is 25.8 Å². The number of hydrogen-bond acceptors (Lipinski definition) is 8. The zero-order valence-corrected chi connectivity index (χ0v) is 26.4. The van der Waals surface area contributed by atoms with Crippen molar-refractivity contribution in [1.82, 2.24) is 24.9 Å². The summed E-state index contributed by atoms with van der Waals surface area (Å²) < 4.78 is 34.9. The molecule has 0 unspecified atom stereocenters. The molecule has 1 atom stereocenters. The van der Waals surface area contributed by atoms with Crippen LogP contribution in [-0.2, 0) is 4.74 Å². The fourth-order valence-corrected chi connectivity index (χ4v) is 6.11. The van der Waals surface area contributed by atoms with Gasteiger partial charge in [-0.3, -0.25) is 4.98 Å². The van der Waals surface area contributed by atoms with Crippen molar-refractivity contribution in [1.29, 1.82) is 5.26 Å². The fourth-order valence-electron chi connectivity index (χ4n) is 5.66. The molecule has 1 aliphatic heterocycles. The third kappa shape index (κ3) is 6.90. The molecule has 9 nitrogen and oxygen atoms in total. The molecule has 0 radical (unpaired) electrons. The van der Waals surface area contributed by atoms with Gasteiger partial charge in [0.25, 0.3) is 0 Å². The van der Waals surface area contributed by atoms with Gasteiger partial charge in [-0.1, -0.05) is 40.5 Å². The van der Waals surface area contributed by atoms with E-state index in [1.165, 1.54) is 36.5 Å². The van der Waals surface area contributed by atoms with Crippen LogP contribution >= 0.6 is 23.2 Å². The lowest BCUT2D eigenvalue weighted by Gasteiger charge is -2.31. The highest BCUT2D eigenvalue weighted by Gasteiger charge is 2.25. The molecule has 6 rings (SSSR count). The SMILES string of the molecule is COCCN1CCC(n2cc([C@@H](Nc3cc(Cl)c4ncc(C#N)c(Nc5ccc(F)c(Cl)c5)c4c3)c3ccc(F)cc3)nn2)CC1. The largest absolute Gasteiger partial charge is 0.383 e. The van der Waals surface area contributed by atoms with Gasteiger partial charge in [0.05, 0.1) is 51.7 Å². The summed E-state index contributed by atoms with van der Waals surface area (Å²) >= 11 is 12.8. The Labute approximate surface area is 274 Å². The van der Waals surface area contributed by atoms with Crippen molar-refractivity contribution in [3.05, 3.63) is 105 Å². The Morgan fingerprint density at radius 3 is 2.52 bits per heavy atom. The number of anilines is 3. The Hall–Kier alpha value is -4.34. The Kier molecular flexibility index (Phi) is 9.61. The summed E-state index contributed by atoms with van der Waals surface area (Å²) in [5.41, 5.74) is 3.65. The maximum atomic E-state index is 14.0. The van der Waals surface area contributed by atoms with E-state index in [1.807, 2.05) is 16.9 Å². The van der Waals surface area contributed by atoms with E-state index >= 15 is 0 Å². The number of methoxy groups -OCH3 is 1. The normalized spacial score (nSPS) is 14.7. The highest BCUT2D eigenvalue weighted by atomic mass is 35.5. The molecule has 3 heterocycles. The lowest BCUT2D eigenvalue weighted by atomic mass is 10.0. The number of nitriles is 1. The smallest absolute Gasteiger partial charge is 0.141 e. The summed E-state index contributed by atoms with van der Waals surface area (Å²) in [6.07, 6.45) is 5.23. The lowest BCUT2D eigenvalue weighted by Crippen LogP contribution is -2.36. The number of nitrogens with zero attached hydrogens (tertiary/aromatic N) is 6. The van der Waals surface area contributed by atoms with Crippen LogP contribution in [0.3, 0.4) is 0 Å². The van der Waals surface area contributed by atoms with Gasteiger partial charge in [0.15, 0.2) is 0 Å². The van der Waals surface area contributed by atoms with Crippen LogP contribution in [0.25, 0.3) is 10.9 Å². The standard InChI is InChI=1S/C33H30Cl2F2N8O/c1-46-13-12-44-10-8-25(9-11-44)45-19-30(42-43-45)32(20-2-4-22(36)5-3-20)41-24-14-26-31(40-23-6-7-29(37)27(34)15-23)21(17-38)18-39-33(26)28(35)16-24/h2-7,14-16,18-19,25,32,41H,8-13H2,1H3,(H,39,40)/t32-/m0/s1. The van der Waals surface area contributed by atoms with Gasteiger partial charge >= 0.3 is 0 Å². The quantitative estimate of drug-likeness (QED) is 0.158. The van der Waals surface area contributed by atoms with E-state index in [9.17, 15) is 14.0 Å². The second-order valence-electron chi connectivity index (χ2n) is 11.1. The third-order valence-electron chi connectivity index (χ3n) is 8.12. The van der Waals surface area contributed by atoms with Gasteiger partial charge in [0.2, 0.25) is 0 Å². The van der Waals surface area contributed by atoms with Gasteiger partial charge in [0, 0.05) is 49.7 Å². The molecule has 5 aromatic rings. The molecule has 0 aliphatic carbocycles. The number of halogens is 4. The van der Waals surface area contributed by atoms with E-state index in [2.05, 4.69) is 36.9 Å². The van der Waals surface area contributed by atoms with Gasteiger partial charge in [-0.05, 0) is 60.9 Å². The Morgan fingerprint density at radius 2 is 1.80 bits per heavy atom. The van der Waals surface area contributed by atoms with Crippen molar-refractivity contribution < 1.29 is 13.5 Å². The minimum absolute atomic E-state index is 0.0610. The summed E-state index contributed by atoms with van der Waals surface area (Å²) in [7, 11) is 1.71. The molecule has 2 aromatic heterocycles. The maximum absolute atomic E-state index is 14.0. The predicted molar refractivity (Wildman–Crippen MR) is 175 cm³/mol. The van der Waals surface area contributed by atoms with Crippen molar-refractivity contribution >= 4 is 51.2 Å². The molecule has 0 amide bonds. The number of pyridine rings is 1. The van der Waals surface area contributed by atoms with Crippen molar-refractivity contribution in [3.8, 4) is 6.07 Å². The second kappa shape index (κ2) is 14.0. The first-order chi connectivity index (χ1) is 22.3. The first-order valence-electron chi connectivity index (χ1n) is 14.7. The zero-order chi connectivity index (χ0) is 32.2. The maximum Gasteiger partial charge on any atom is 0.141 e. The summed E-state index contributed by atoms with van der Waals surface area (Å²) in [6, 6.07) is 15.8. The average molecular weight is 664 g/mol. The van der Waals surface area contributed by atoms with E-state index < -0.39 is 11.9 Å². The molecule has 1 fully saturated rings. The third-order valence-corrected chi connectivity index (χ3v) is 8.69. The molecule has 0 bridgehead atoms. The highest BCUT2D eigenvalue weighted by molar-refractivity contribution is 6.36. The summed E-state index contributed by atoms with van der Waals surface area (Å²) in [4.78, 5) is 6.80. The molecular weight excluding hydrogens is 633 g/mol. The van der Waals surface area contributed by atoms with E-state index in [0.29, 0.717) is 45.3 Å². The molecule has 1 saturated heterocycles. The zero-order valence-electron chi connectivity index (χ0n) is 24.9. The van der Waals surface area contributed by atoms with Crippen molar-refractivity contribution in [2.45, 2.75) is 24.9 Å². The number of aromatic nitrogens is 4. The lowest BCUT2D eigenvalue weighted by molar-refractivity contribution is 0.119. The van der Waals surface area contributed by atoms with E-state index in [4.69, 9.17) is 27.9 Å². The van der Waals surface area contributed by atoms with Crippen LogP contribution in [0.2, 0.25) is 10.0 Å². The Morgan fingerprint density at radius 1 is 1.04 bits per heavy atom. The molecule has 13 heteroatoms. The second-order valence-corrected chi connectivity index (χ2v) is 11.9. The molecule has 46 heavy (non-hydrogen) atoms. The molecule has 236 valence electrons. The van der Waals surface area contributed by atoms with Crippen LogP contribution in [0.15, 0.2) is 67.0 Å². The van der Waals surface area contributed by atoms with Crippen LogP contribution in [0, 0.1) is 23.0 Å². The van der Waals surface area contributed by atoms with E-state index in [1.54, 1.807) is 25.3 Å². The highest BCUT2D eigenvalue weighted by Crippen LogP contribution is 2.37. The number of ether oxygens (including phenoxy) is 1.